The number of aliphatic carboxylic acids is 2. The van der Waals surface area contributed by atoms with Gasteiger partial charge in [-0.15, -0.1) is 0 Å². The molecule has 1 unspecified atom stereocenters. The summed E-state index contributed by atoms with van der Waals surface area (Å²) in [6.45, 7) is 3.50. The van der Waals surface area contributed by atoms with Crippen molar-refractivity contribution in [2.45, 2.75) is 114 Å². The molecule has 3 aromatic carbocycles. The predicted molar refractivity (Wildman–Crippen MR) is 212 cm³/mol. The second-order valence-electron chi connectivity index (χ2n) is 17.6. The molecule has 4 N–H and O–H groups in total. The number of rotatable bonds is 11. The number of esters is 1. The van der Waals surface area contributed by atoms with E-state index in [-0.39, 0.29) is 11.1 Å². The number of aromatic carboxylic acids is 3. The van der Waals surface area contributed by atoms with Gasteiger partial charge in [0.1, 0.15) is 23.6 Å². The lowest BCUT2D eigenvalue weighted by atomic mass is 9.47. The van der Waals surface area contributed by atoms with Crippen LogP contribution in [0.25, 0.3) is 0 Å². The van der Waals surface area contributed by atoms with Crippen LogP contribution in [0.1, 0.15) is 121 Å². The monoisotopic (exact) mass is 1010 g/mol. The number of aliphatic hydroxyl groups excluding tert-OH is 1. The van der Waals surface area contributed by atoms with Crippen LogP contribution in [0.3, 0.4) is 0 Å². The number of aryl methyl sites for hydroxylation is 1. The Hall–Kier alpha value is -6.72. The average molecular weight is 1010 g/mol. The SMILES string of the molecule is CC1(OC(=O)CCC(F)(F)C(=O)[O-])CCCC1.Cc1ccc(C(=O)O)c([O-])c1.O=C(O)c1c([O-])c(F)c(F)c(F)c1F.O=C(O)c1ccccc1[O-].O=C([O-])C(F)(F)C(O)C12CC3CC(CC(C3)C1)C2. The molecule has 16 nitrogen and oxygen atoms in total. The van der Waals surface area contributed by atoms with Gasteiger partial charge in [0.15, 0.2) is 23.3 Å². The van der Waals surface area contributed by atoms with E-state index in [9.17, 15) is 94.5 Å². The minimum Gasteiger partial charge on any atom is -0.872 e. The van der Waals surface area contributed by atoms with Crippen molar-refractivity contribution in [2.75, 3.05) is 0 Å². The molecule has 4 bridgehead atoms. The summed E-state index contributed by atoms with van der Waals surface area (Å²) in [5, 5.41) is 87.7. The number of hydrogen-bond acceptors (Lipinski definition) is 13. The lowest BCUT2D eigenvalue weighted by molar-refractivity contribution is -0.342. The summed E-state index contributed by atoms with van der Waals surface area (Å²) in [6.07, 6.45) is 4.34. The Labute approximate surface area is 392 Å². The van der Waals surface area contributed by atoms with E-state index in [1.165, 1.54) is 36.4 Å². The normalized spacial score (nSPS) is 20.8. The third-order valence-corrected chi connectivity index (χ3v) is 12.2. The van der Waals surface area contributed by atoms with Gasteiger partial charge in [-0.3, -0.25) is 4.79 Å². The molecule has 1 atom stereocenters. The standard InChI is InChI=1S/C13H18F2O3.C11H16F2O4.C8H8O3.C7H2F4O3.C7H6O3/c14-13(15,11(17)18)10(16)12-4-7-1-8(5-12)3-9(2-7)6-12;1-10(5-2-3-6-10)17-8(14)4-7-11(12,13)9(15)16;1-5-2-3-6(8(10)11)7(9)4-5;8-2-1(7(13)14)6(12)5(11)4(10)3(2)9;8-6-4-2-1-3-5(6)7(9)10/h7-10,16H,1-6H2,(H,17,18);2-7H2,1H3,(H,15,16);2-4,9H,1H3,(H,10,11);12H,(H,13,14);1-4,8H,(H,9,10)/p-5. The van der Waals surface area contributed by atoms with E-state index in [0.29, 0.717) is 37.0 Å². The number of hydrogen-bond donors (Lipinski definition) is 4. The Morgan fingerprint density at radius 2 is 1.17 bits per heavy atom. The fraction of sp³-hybridized carbons (Fsp3) is 0.478. The Balaban J connectivity index is 0.000000236. The van der Waals surface area contributed by atoms with Crippen LogP contribution in [0, 0.1) is 53.4 Å². The zero-order chi connectivity index (χ0) is 53.3. The zero-order valence-corrected chi connectivity index (χ0v) is 37.0. The number of carbonyl (C=O) groups excluding carboxylic acids is 3. The number of para-hydroxylation sites is 1. The van der Waals surface area contributed by atoms with Crippen molar-refractivity contribution in [2.24, 2.45) is 23.2 Å². The van der Waals surface area contributed by atoms with Crippen molar-refractivity contribution < 1.29 is 115 Å². The van der Waals surface area contributed by atoms with Crippen molar-refractivity contribution in [3.8, 4) is 17.2 Å². The van der Waals surface area contributed by atoms with E-state index in [1.807, 2.05) is 0 Å². The lowest BCUT2D eigenvalue weighted by Crippen LogP contribution is -2.61. The first-order chi connectivity index (χ1) is 32.3. The Bertz CT molecular complexity index is 2360. The van der Waals surface area contributed by atoms with E-state index in [4.69, 9.17) is 20.1 Å². The van der Waals surface area contributed by atoms with Crippen LogP contribution >= 0.6 is 0 Å². The second-order valence-corrected chi connectivity index (χ2v) is 17.6. The summed E-state index contributed by atoms with van der Waals surface area (Å²) in [5.41, 5.74) is -2.79. The molecular formula is C46H45F8O16-5. The summed E-state index contributed by atoms with van der Waals surface area (Å²) in [6, 6.07) is 9.77. The van der Waals surface area contributed by atoms with Gasteiger partial charge in [-0.1, -0.05) is 53.1 Å². The van der Waals surface area contributed by atoms with Gasteiger partial charge in [-0.2, -0.15) is 17.6 Å². The summed E-state index contributed by atoms with van der Waals surface area (Å²) in [7, 11) is 0. The molecule has 0 aliphatic heterocycles. The molecule has 5 aliphatic rings. The second kappa shape index (κ2) is 23.3. The van der Waals surface area contributed by atoms with E-state index in [2.05, 4.69) is 0 Å². The van der Waals surface area contributed by atoms with Crippen LogP contribution in [-0.4, -0.2) is 79.8 Å². The zero-order valence-electron chi connectivity index (χ0n) is 37.0. The lowest BCUT2D eigenvalue weighted by Gasteiger charge is -2.59. The minimum atomic E-state index is -4.13. The maximum atomic E-state index is 13.5. The molecule has 24 heteroatoms. The van der Waals surface area contributed by atoms with Crippen molar-refractivity contribution in [1.82, 2.24) is 0 Å². The van der Waals surface area contributed by atoms with Crippen LogP contribution in [-0.2, 0) is 19.1 Å². The predicted octanol–water partition coefficient (Wildman–Crippen LogP) is 4.22. The summed E-state index contributed by atoms with van der Waals surface area (Å²) in [5.74, 6) is -29.1. The van der Waals surface area contributed by atoms with Gasteiger partial charge in [-0.05, 0) is 108 Å². The highest BCUT2D eigenvalue weighted by molar-refractivity contribution is 5.91. The highest BCUT2D eigenvalue weighted by atomic mass is 19.3. The fourth-order valence-electron chi connectivity index (χ4n) is 9.17. The first-order valence-corrected chi connectivity index (χ1v) is 21.1. The smallest absolute Gasteiger partial charge is 0.338 e. The molecule has 0 radical (unpaired) electrons. The molecule has 5 fully saturated rings. The Morgan fingerprint density at radius 1 is 0.700 bits per heavy atom. The molecule has 8 rings (SSSR count). The van der Waals surface area contributed by atoms with Gasteiger partial charge in [0.05, 0.1) is 23.1 Å². The van der Waals surface area contributed by atoms with Gasteiger partial charge in [0, 0.05) is 11.8 Å². The molecule has 386 valence electrons. The quantitative estimate of drug-likeness (QED) is 0.0905. The summed E-state index contributed by atoms with van der Waals surface area (Å²) < 4.78 is 107. The number of carboxylic acids is 5. The van der Waals surface area contributed by atoms with E-state index in [1.54, 1.807) is 19.9 Å². The summed E-state index contributed by atoms with van der Waals surface area (Å²) >= 11 is 0. The van der Waals surface area contributed by atoms with Gasteiger partial charge < -0.3 is 60.3 Å². The Kier molecular flexibility index (Phi) is 19.1. The summed E-state index contributed by atoms with van der Waals surface area (Å²) in [4.78, 5) is 62.6. The number of halogens is 8. The molecular weight excluding hydrogens is 960 g/mol. The molecule has 0 amide bonds. The van der Waals surface area contributed by atoms with Crippen molar-refractivity contribution >= 4 is 35.8 Å². The molecule has 3 aromatic rings. The fourth-order valence-corrected chi connectivity index (χ4v) is 9.17. The van der Waals surface area contributed by atoms with Crippen molar-refractivity contribution in [3.63, 3.8) is 0 Å². The van der Waals surface area contributed by atoms with Crippen LogP contribution in [0.15, 0.2) is 42.5 Å². The van der Waals surface area contributed by atoms with E-state index >= 15 is 0 Å². The molecule has 5 saturated carbocycles. The number of benzene rings is 3. The first kappa shape index (κ1) is 57.6. The van der Waals surface area contributed by atoms with E-state index < -0.39 is 124 Å². The van der Waals surface area contributed by atoms with Gasteiger partial charge >= 0.3 is 29.8 Å². The topological polar surface area (TPSA) is 308 Å². The first-order valence-electron chi connectivity index (χ1n) is 21.1. The average Bonchev–Trinajstić information content (AvgIpc) is 3.69. The van der Waals surface area contributed by atoms with Crippen molar-refractivity contribution in [1.29, 1.82) is 0 Å². The highest BCUT2D eigenvalue weighted by Gasteiger charge is 2.60. The van der Waals surface area contributed by atoms with Gasteiger partial charge in [-0.25, -0.2) is 31.9 Å². The maximum Gasteiger partial charge on any atom is 0.338 e. The van der Waals surface area contributed by atoms with Gasteiger partial charge in [0.2, 0.25) is 0 Å². The Morgan fingerprint density at radius 3 is 1.59 bits per heavy atom. The van der Waals surface area contributed by atoms with Crippen LogP contribution in [0.2, 0.25) is 0 Å². The van der Waals surface area contributed by atoms with Crippen molar-refractivity contribution in [3.05, 3.63) is 88.0 Å². The number of carbonyl (C=O) groups is 6. The third-order valence-electron chi connectivity index (χ3n) is 12.2. The third kappa shape index (κ3) is 14.4. The minimum absolute atomic E-state index is 0.171. The number of aliphatic hydroxyl groups is 1. The number of carboxylic acid groups (broad SMARTS) is 5. The van der Waals surface area contributed by atoms with Crippen LogP contribution < -0.4 is 25.5 Å². The molecule has 0 heterocycles. The van der Waals surface area contributed by atoms with Crippen LogP contribution in [0.5, 0.6) is 17.2 Å². The highest BCUT2D eigenvalue weighted by Crippen LogP contribution is 2.62. The largest absolute Gasteiger partial charge is 0.872 e. The molecule has 0 aromatic heterocycles. The maximum absolute atomic E-state index is 13.5. The molecule has 0 saturated heterocycles. The van der Waals surface area contributed by atoms with E-state index in [0.717, 1.165) is 50.5 Å². The van der Waals surface area contributed by atoms with Crippen LogP contribution in [0.4, 0.5) is 35.1 Å². The number of alkyl halides is 4. The van der Waals surface area contributed by atoms with Gasteiger partial charge in [0.25, 0.3) is 5.92 Å². The number of ether oxygens (including phenoxy) is 1. The molecule has 0 spiro atoms. The molecule has 70 heavy (non-hydrogen) atoms. The molecule has 5 aliphatic carbocycles.